The monoisotopic (exact) mass is 268 g/mol. The van der Waals surface area contributed by atoms with E-state index in [9.17, 15) is 4.39 Å². The van der Waals surface area contributed by atoms with E-state index in [4.69, 9.17) is 9.84 Å². The quantitative estimate of drug-likeness (QED) is 0.807. The number of likely N-dealkylation sites (tertiary alicyclic amines) is 1. The van der Waals surface area contributed by atoms with E-state index in [1.165, 1.54) is 13.2 Å². The van der Waals surface area contributed by atoms with Gasteiger partial charge in [0.25, 0.3) is 0 Å². The van der Waals surface area contributed by atoms with Crippen molar-refractivity contribution in [2.45, 2.75) is 19.0 Å². The normalized spacial score (nSPS) is 19.8. The van der Waals surface area contributed by atoms with E-state index in [2.05, 4.69) is 10.2 Å². The standard InChI is InChI=1S/C14H21FN2O2/c1-19-14-3-2-11(8-13(14)15)9-17-6-4-12(10-17)16-5-7-18/h2-3,8,12,16,18H,4-7,9-10H2,1H3. The molecule has 2 rings (SSSR count). The number of ether oxygens (including phenoxy) is 1. The summed E-state index contributed by atoms with van der Waals surface area (Å²) in [5.41, 5.74) is 0.959. The van der Waals surface area contributed by atoms with Crippen LogP contribution in [0.5, 0.6) is 5.75 Å². The highest BCUT2D eigenvalue weighted by atomic mass is 19.1. The van der Waals surface area contributed by atoms with Gasteiger partial charge in [-0.25, -0.2) is 4.39 Å². The lowest BCUT2D eigenvalue weighted by Crippen LogP contribution is -2.34. The molecule has 1 unspecified atom stereocenters. The first-order valence-corrected chi connectivity index (χ1v) is 6.62. The molecule has 0 aliphatic carbocycles. The van der Waals surface area contributed by atoms with Crippen molar-refractivity contribution >= 4 is 0 Å². The minimum Gasteiger partial charge on any atom is -0.494 e. The molecule has 2 N–H and O–H groups in total. The number of hydrogen-bond donors (Lipinski definition) is 2. The first kappa shape index (κ1) is 14.2. The van der Waals surface area contributed by atoms with Gasteiger partial charge < -0.3 is 15.2 Å². The fourth-order valence-corrected chi connectivity index (χ4v) is 2.48. The number of nitrogens with zero attached hydrogens (tertiary/aromatic N) is 1. The molecule has 1 saturated heterocycles. The van der Waals surface area contributed by atoms with E-state index >= 15 is 0 Å². The lowest BCUT2D eigenvalue weighted by atomic mass is 10.2. The number of hydrogen-bond acceptors (Lipinski definition) is 4. The minimum absolute atomic E-state index is 0.167. The van der Waals surface area contributed by atoms with Crippen molar-refractivity contribution in [1.29, 1.82) is 0 Å². The van der Waals surface area contributed by atoms with Crippen LogP contribution in [0.2, 0.25) is 0 Å². The molecule has 0 radical (unpaired) electrons. The van der Waals surface area contributed by atoms with Crippen LogP contribution in [0.3, 0.4) is 0 Å². The van der Waals surface area contributed by atoms with Gasteiger partial charge in [0.1, 0.15) is 0 Å². The second-order valence-electron chi connectivity index (χ2n) is 4.87. The molecule has 0 saturated carbocycles. The van der Waals surface area contributed by atoms with Crippen LogP contribution in [-0.4, -0.2) is 49.4 Å². The zero-order valence-corrected chi connectivity index (χ0v) is 11.2. The van der Waals surface area contributed by atoms with Gasteiger partial charge in [0.2, 0.25) is 0 Å². The van der Waals surface area contributed by atoms with Gasteiger partial charge in [-0.05, 0) is 24.1 Å². The van der Waals surface area contributed by atoms with E-state index in [0.717, 1.165) is 31.6 Å². The Kier molecular flexibility index (Phi) is 5.13. The topological polar surface area (TPSA) is 44.7 Å². The summed E-state index contributed by atoms with van der Waals surface area (Å²) < 4.78 is 18.5. The third-order valence-corrected chi connectivity index (χ3v) is 3.44. The average Bonchev–Trinajstić information content (AvgIpc) is 2.84. The molecule has 1 atom stereocenters. The highest BCUT2D eigenvalue weighted by Crippen LogP contribution is 2.20. The Morgan fingerprint density at radius 3 is 3.05 bits per heavy atom. The first-order valence-electron chi connectivity index (χ1n) is 6.62. The van der Waals surface area contributed by atoms with E-state index in [-0.39, 0.29) is 18.2 Å². The first-order chi connectivity index (χ1) is 9.22. The maximum absolute atomic E-state index is 13.6. The second-order valence-corrected chi connectivity index (χ2v) is 4.87. The predicted octanol–water partition coefficient (Wildman–Crippen LogP) is 0.990. The van der Waals surface area contributed by atoms with E-state index in [0.29, 0.717) is 12.6 Å². The fraction of sp³-hybridized carbons (Fsp3) is 0.571. The van der Waals surface area contributed by atoms with Gasteiger partial charge in [-0.2, -0.15) is 0 Å². The number of benzene rings is 1. The van der Waals surface area contributed by atoms with Gasteiger partial charge >= 0.3 is 0 Å². The highest BCUT2D eigenvalue weighted by molar-refractivity contribution is 5.29. The summed E-state index contributed by atoms with van der Waals surface area (Å²) in [4.78, 5) is 2.29. The molecule has 0 aromatic heterocycles. The molecule has 1 aromatic rings. The molecule has 1 fully saturated rings. The van der Waals surface area contributed by atoms with Crippen LogP contribution in [0.1, 0.15) is 12.0 Å². The van der Waals surface area contributed by atoms with Crippen LogP contribution in [0.15, 0.2) is 18.2 Å². The molecule has 1 aliphatic heterocycles. The third kappa shape index (κ3) is 3.89. The zero-order chi connectivity index (χ0) is 13.7. The van der Waals surface area contributed by atoms with Gasteiger partial charge in [0.05, 0.1) is 13.7 Å². The molecule has 5 heteroatoms. The smallest absolute Gasteiger partial charge is 0.165 e. The lowest BCUT2D eigenvalue weighted by molar-refractivity contribution is 0.278. The van der Waals surface area contributed by atoms with Gasteiger partial charge in [-0.15, -0.1) is 0 Å². The summed E-state index contributed by atoms with van der Waals surface area (Å²) in [5.74, 6) is -0.0261. The Morgan fingerprint density at radius 1 is 1.53 bits per heavy atom. The lowest BCUT2D eigenvalue weighted by Gasteiger charge is -2.17. The largest absolute Gasteiger partial charge is 0.494 e. The summed E-state index contributed by atoms with van der Waals surface area (Å²) in [5, 5.41) is 12.1. The maximum Gasteiger partial charge on any atom is 0.165 e. The predicted molar refractivity (Wildman–Crippen MR) is 71.7 cm³/mol. The Bertz CT molecular complexity index is 414. The van der Waals surface area contributed by atoms with Crippen LogP contribution in [-0.2, 0) is 6.54 Å². The van der Waals surface area contributed by atoms with E-state index < -0.39 is 0 Å². The van der Waals surface area contributed by atoms with Gasteiger partial charge in [-0.3, -0.25) is 4.90 Å². The molecule has 106 valence electrons. The highest BCUT2D eigenvalue weighted by Gasteiger charge is 2.21. The molecule has 0 bridgehead atoms. The number of rotatable bonds is 6. The number of methoxy groups -OCH3 is 1. The molecule has 4 nitrogen and oxygen atoms in total. The number of halogens is 1. The van der Waals surface area contributed by atoms with Crippen LogP contribution in [0.25, 0.3) is 0 Å². The van der Waals surface area contributed by atoms with Crippen molar-refractivity contribution in [3.8, 4) is 5.75 Å². The number of aliphatic hydroxyl groups excluding tert-OH is 1. The van der Waals surface area contributed by atoms with Crippen molar-refractivity contribution in [3.05, 3.63) is 29.6 Å². The molecule has 1 heterocycles. The summed E-state index contributed by atoms with van der Waals surface area (Å²) in [6.45, 7) is 3.48. The zero-order valence-electron chi connectivity index (χ0n) is 11.2. The number of nitrogens with one attached hydrogen (secondary N) is 1. The summed E-state index contributed by atoms with van der Waals surface area (Å²) in [6.07, 6.45) is 1.07. The Labute approximate surface area is 113 Å². The Morgan fingerprint density at radius 2 is 2.37 bits per heavy atom. The number of aliphatic hydroxyl groups is 1. The van der Waals surface area contributed by atoms with Crippen LogP contribution in [0, 0.1) is 5.82 Å². The molecular formula is C14H21FN2O2. The summed E-state index contributed by atoms with van der Waals surface area (Å²) in [6, 6.07) is 5.53. The molecule has 0 amide bonds. The SMILES string of the molecule is COc1ccc(CN2CCC(NCCO)C2)cc1F. The Hall–Kier alpha value is -1.17. The van der Waals surface area contributed by atoms with Gasteiger partial charge in [0.15, 0.2) is 11.6 Å². The van der Waals surface area contributed by atoms with E-state index in [1.54, 1.807) is 6.07 Å². The van der Waals surface area contributed by atoms with Crippen LogP contribution < -0.4 is 10.1 Å². The summed E-state index contributed by atoms with van der Waals surface area (Å²) in [7, 11) is 1.47. The van der Waals surface area contributed by atoms with Gasteiger partial charge in [0, 0.05) is 32.2 Å². The third-order valence-electron chi connectivity index (χ3n) is 3.44. The van der Waals surface area contributed by atoms with Crippen molar-refractivity contribution in [1.82, 2.24) is 10.2 Å². The van der Waals surface area contributed by atoms with Crippen LogP contribution >= 0.6 is 0 Å². The maximum atomic E-state index is 13.6. The molecule has 1 aliphatic rings. The van der Waals surface area contributed by atoms with Crippen molar-refractivity contribution in [2.24, 2.45) is 0 Å². The Balaban J connectivity index is 1.86. The average molecular weight is 268 g/mol. The molecule has 1 aromatic carbocycles. The van der Waals surface area contributed by atoms with E-state index in [1.807, 2.05) is 6.07 Å². The van der Waals surface area contributed by atoms with Crippen LogP contribution in [0.4, 0.5) is 4.39 Å². The molecule has 0 spiro atoms. The second kappa shape index (κ2) is 6.84. The summed E-state index contributed by atoms with van der Waals surface area (Å²) >= 11 is 0. The van der Waals surface area contributed by atoms with Crippen molar-refractivity contribution in [3.63, 3.8) is 0 Å². The molecule has 19 heavy (non-hydrogen) atoms. The van der Waals surface area contributed by atoms with Crippen molar-refractivity contribution in [2.75, 3.05) is 33.4 Å². The van der Waals surface area contributed by atoms with Gasteiger partial charge in [-0.1, -0.05) is 6.07 Å². The molecular weight excluding hydrogens is 247 g/mol. The fourth-order valence-electron chi connectivity index (χ4n) is 2.48. The van der Waals surface area contributed by atoms with Crippen molar-refractivity contribution < 1.29 is 14.2 Å². The minimum atomic E-state index is -0.311.